The highest BCUT2D eigenvalue weighted by Crippen LogP contribution is 2.28. The first kappa shape index (κ1) is 13.6. The zero-order chi connectivity index (χ0) is 13.7. The van der Waals surface area contributed by atoms with Crippen LogP contribution in [0, 0.1) is 5.92 Å². The van der Waals surface area contributed by atoms with E-state index in [9.17, 15) is 5.11 Å². The first-order valence-electron chi connectivity index (χ1n) is 6.71. The third kappa shape index (κ3) is 3.58. The van der Waals surface area contributed by atoms with Gasteiger partial charge in [-0.15, -0.1) is 0 Å². The van der Waals surface area contributed by atoms with Gasteiger partial charge in [0.2, 0.25) is 0 Å². The van der Waals surface area contributed by atoms with Gasteiger partial charge in [-0.3, -0.25) is 0 Å². The summed E-state index contributed by atoms with van der Waals surface area (Å²) in [7, 11) is 0. The molecule has 19 heavy (non-hydrogen) atoms. The molecule has 2 heteroatoms. The quantitative estimate of drug-likeness (QED) is 0.849. The van der Waals surface area contributed by atoms with Crippen LogP contribution in [0.2, 0.25) is 0 Å². The van der Waals surface area contributed by atoms with E-state index < -0.39 is 6.10 Å². The number of hydrogen-bond donors (Lipinski definition) is 1. The summed E-state index contributed by atoms with van der Waals surface area (Å²) in [6.45, 7) is 4.13. The number of hydrogen-bond acceptors (Lipinski definition) is 2. The Hall–Kier alpha value is -1.80. The summed E-state index contributed by atoms with van der Waals surface area (Å²) in [5, 5.41) is 10.2. The first-order chi connectivity index (χ1) is 9.20. The summed E-state index contributed by atoms with van der Waals surface area (Å²) < 4.78 is 5.77. The number of rotatable bonds is 5. The fraction of sp³-hybridized carbons (Fsp3) is 0.294. The van der Waals surface area contributed by atoms with Gasteiger partial charge in [-0.2, -0.15) is 0 Å². The maximum atomic E-state index is 10.2. The molecule has 2 aromatic carbocycles. The van der Waals surface area contributed by atoms with Gasteiger partial charge in [0.05, 0.1) is 6.10 Å². The molecule has 0 aliphatic rings. The highest BCUT2D eigenvalue weighted by Gasteiger charge is 2.15. The van der Waals surface area contributed by atoms with Crippen molar-refractivity contribution in [3.63, 3.8) is 0 Å². The smallest absolute Gasteiger partial charge is 0.127 e. The van der Waals surface area contributed by atoms with Crippen LogP contribution in [0.15, 0.2) is 54.6 Å². The van der Waals surface area contributed by atoms with Crippen LogP contribution in [-0.2, 0) is 0 Å². The molecule has 0 aliphatic heterocycles. The van der Waals surface area contributed by atoms with Crippen molar-refractivity contribution >= 4 is 0 Å². The van der Waals surface area contributed by atoms with Crippen molar-refractivity contribution in [2.45, 2.75) is 26.4 Å². The van der Waals surface area contributed by atoms with Crippen LogP contribution in [-0.4, -0.2) is 5.11 Å². The van der Waals surface area contributed by atoms with E-state index in [-0.39, 0.29) is 5.92 Å². The van der Waals surface area contributed by atoms with Gasteiger partial charge in [-0.1, -0.05) is 50.6 Å². The normalized spacial score (nSPS) is 13.8. The van der Waals surface area contributed by atoms with Gasteiger partial charge in [0, 0.05) is 0 Å². The highest BCUT2D eigenvalue weighted by molar-refractivity contribution is 5.34. The predicted molar refractivity (Wildman–Crippen MR) is 77.4 cm³/mol. The van der Waals surface area contributed by atoms with Crippen LogP contribution in [0.5, 0.6) is 11.5 Å². The average molecular weight is 256 g/mol. The molecule has 100 valence electrons. The molecule has 0 saturated carbocycles. The Kier molecular flexibility index (Phi) is 4.58. The molecule has 0 fully saturated rings. The first-order valence-corrected chi connectivity index (χ1v) is 6.71. The Bertz CT molecular complexity index is 508. The third-order valence-corrected chi connectivity index (χ3v) is 3.36. The molecule has 1 N–H and O–H groups in total. The zero-order valence-electron chi connectivity index (χ0n) is 11.4. The molecule has 0 radical (unpaired) electrons. The van der Waals surface area contributed by atoms with Gasteiger partial charge in [-0.25, -0.2) is 0 Å². The van der Waals surface area contributed by atoms with Gasteiger partial charge < -0.3 is 9.84 Å². The second kappa shape index (κ2) is 6.39. The SMILES string of the molecule is CCC(C)C(O)c1cccc(Oc2ccccc2)c1. The molecule has 0 aromatic heterocycles. The lowest BCUT2D eigenvalue weighted by atomic mass is 9.95. The minimum Gasteiger partial charge on any atom is -0.457 e. The van der Waals surface area contributed by atoms with Crippen molar-refractivity contribution in [1.82, 2.24) is 0 Å². The summed E-state index contributed by atoms with van der Waals surface area (Å²) in [6.07, 6.45) is 0.509. The second-order valence-corrected chi connectivity index (χ2v) is 4.82. The maximum Gasteiger partial charge on any atom is 0.127 e. The fourth-order valence-corrected chi connectivity index (χ4v) is 1.94. The van der Waals surface area contributed by atoms with Gasteiger partial charge >= 0.3 is 0 Å². The Morgan fingerprint density at radius 1 is 1.00 bits per heavy atom. The van der Waals surface area contributed by atoms with Gasteiger partial charge in [-0.05, 0) is 35.7 Å². The molecule has 0 amide bonds. The van der Waals surface area contributed by atoms with E-state index in [0.29, 0.717) is 0 Å². The summed E-state index contributed by atoms with van der Waals surface area (Å²) in [6, 6.07) is 17.3. The van der Waals surface area contributed by atoms with Crippen molar-refractivity contribution in [2.75, 3.05) is 0 Å². The standard InChI is InChI=1S/C17H20O2/c1-3-13(2)17(18)14-8-7-11-16(12-14)19-15-9-5-4-6-10-15/h4-13,17-18H,3H2,1-2H3. The largest absolute Gasteiger partial charge is 0.457 e. The molecule has 0 bridgehead atoms. The van der Waals surface area contributed by atoms with E-state index in [1.807, 2.05) is 54.6 Å². The Balaban J connectivity index is 2.15. The number of aliphatic hydroxyl groups is 1. The predicted octanol–water partition coefficient (Wildman–Crippen LogP) is 4.56. The Morgan fingerprint density at radius 2 is 1.68 bits per heavy atom. The van der Waals surface area contributed by atoms with Crippen LogP contribution in [0.3, 0.4) is 0 Å². The fourth-order valence-electron chi connectivity index (χ4n) is 1.94. The minimum absolute atomic E-state index is 0.243. The lowest BCUT2D eigenvalue weighted by Crippen LogP contribution is -2.07. The van der Waals surface area contributed by atoms with Crippen LogP contribution in [0.25, 0.3) is 0 Å². The molecule has 2 nitrogen and oxygen atoms in total. The zero-order valence-corrected chi connectivity index (χ0v) is 11.4. The number of benzene rings is 2. The van der Waals surface area contributed by atoms with Crippen LogP contribution in [0.1, 0.15) is 31.9 Å². The van der Waals surface area contributed by atoms with Crippen molar-refractivity contribution in [1.29, 1.82) is 0 Å². The van der Waals surface area contributed by atoms with E-state index in [0.717, 1.165) is 23.5 Å². The Labute approximate surface area is 114 Å². The molecule has 0 spiro atoms. The second-order valence-electron chi connectivity index (χ2n) is 4.82. The number of ether oxygens (including phenoxy) is 1. The molecular weight excluding hydrogens is 236 g/mol. The molecule has 2 rings (SSSR count). The van der Waals surface area contributed by atoms with E-state index in [1.54, 1.807) is 0 Å². The van der Waals surface area contributed by atoms with Gasteiger partial charge in [0.1, 0.15) is 11.5 Å². The highest BCUT2D eigenvalue weighted by atomic mass is 16.5. The van der Waals surface area contributed by atoms with Crippen molar-refractivity contribution in [2.24, 2.45) is 5.92 Å². The minimum atomic E-state index is -0.440. The van der Waals surface area contributed by atoms with Gasteiger partial charge in [0.15, 0.2) is 0 Å². The van der Waals surface area contributed by atoms with E-state index in [1.165, 1.54) is 0 Å². The summed E-state index contributed by atoms with van der Waals surface area (Å²) in [4.78, 5) is 0. The van der Waals surface area contributed by atoms with Crippen molar-refractivity contribution in [3.05, 3.63) is 60.2 Å². The molecule has 0 aliphatic carbocycles. The van der Waals surface area contributed by atoms with E-state index in [4.69, 9.17) is 4.74 Å². The topological polar surface area (TPSA) is 29.5 Å². The molecular formula is C17H20O2. The number of aliphatic hydroxyl groups excluding tert-OH is 1. The van der Waals surface area contributed by atoms with Crippen molar-refractivity contribution in [3.8, 4) is 11.5 Å². The molecule has 2 unspecified atom stereocenters. The molecule has 0 heterocycles. The third-order valence-electron chi connectivity index (χ3n) is 3.36. The molecule has 2 atom stereocenters. The molecule has 2 aromatic rings. The lowest BCUT2D eigenvalue weighted by molar-refractivity contribution is 0.115. The van der Waals surface area contributed by atoms with Crippen LogP contribution in [0.4, 0.5) is 0 Å². The molecule has 0 saturated heterocycles. The summed E-state index contributed by atoms with van der Waals surface area (Å²) in [5.74, 6) is 1.80. The summed E-state index contributed by atoms with van der Waals surface area (Å²) >= 11 is 0. The Morgan fingerprint density at radius 3 is 2.37 bits per heavy atom. The van der Waals surface area contributed by atoms with Gasteiger partial charge in [0.25, 0.3) is 0 Å². The van der Waals surface area contributed by atoms with E-state index >= 15 is 0 Å². The lowest BCUT2D eigenvalue weighted by Gasteiger charge is -2.18. The maximum absolute atomic E-state index is 10.2. The van der Waals surface area contributed by atoms with Crippen molar-refractivity contribution < 1.29 is 9.84 Å². The van der Waals surface area contributed by atoms with Crippen LogP contribution < -0.4 is 4.74 Å². The number of para-hydroxylation sites is 1. The van der Waals surface area contributed by atoms with Crippen LogP contribution >= 0.6 is 0 Å². The monoisotopic (exact) mass is 256 g/mol. The average Bonchev–Trinajstić information content (AvgIpc) is 2.47. The van der Waals surface area contributed by atoms with E-state index in [2.05, 4.69) is 13.8 Å². The summed E-state index contributed by atoms with van der Waals surface area (Å²) in [5.41, 5.74) is 0.905.